The van der Waals surface area contributed by atoms with E-state index in [2.05, 4.69) is 36.1 Å². The summed E-state index contributed by atoms with van der Waals surface area (Å²) < 4.78 is 0. The van der Waals surface area contributed by atoms with E-state index in [1.807, 2.05) is 0 Å². The van der Waals surface area contributed by atoms with Gasteiger partial charge in [-0.2, -0.15) is 0 Å². The molecule has 0 saturated carbocycles. The zero-order chi connectivity index (χ0) is 13.0. The average molecular weight is 245 g/mol. The van der Waals surface area contributed by atoms with Crippen LogP contribution in [0.15, 0.2) is 24.3 Å². The van der Waals surface area contributed by atoms with Crippen LogP contribution in [0.1, 0.15) is 38.7 Å². The standard InChI is InChI=1S/C16H23NO/c1-3-4-14-5-7-16(8-6-14)17-11-9-15(10-12-17)13(2)18/h5-8,15H,3-4,9-12H2,1-2H3. The molecule has 0 bridgehead atoms. The number of nitrogens with zero attached hydrogens (tertiary/aromatic N) is 1. The summed E-state index contributed by atoms with van der Waals surface area (Å²) in [5.74, 6) is 0.647. The minimum absolute atomic E-state index is 0.292. The predicted molar refractivity (Wildman–Crippen MR) is 76.1 cm³/mol. The summed E-state index contributed by atoms with van der Waals surface area (Å²) >= 11 is 0. The first-order valence-corrected chi connectivity index (χ1v) is 7.05. The molecule has 1 aromatic rings. The third kappa shape index (κ3) is 3.12. The second kappa shape index (κ2) is 6.03. The lowest BCUT2D eigenvalue weighted by Gasteiger charge is -2.32. The molecule has 0 unspecified atom stereocenters. The molecule has 1 saturated heterocycles. The van der Waals surface area contributed by atoms with Crippen LogP contribution in [0.3, 0.4) is 0 Å². The molecule has 1 fully saturated rings. The van der Waals surface area contributed by atoms with Gasteiger partial charge in [-0.25, -0.2) is 0 Å². The summed E-state index contributed by atoms with van der Waals surface area (Å²) in [5.41, 5.74) is 2.72. The predicted octanol–water partition coefficient (Wildman–Crippen LogP) is 3.44. The van der Waals surface area contributed by atoms with Crippen molar-refractivity contribution in [3.8, 4) is 0 Å². The first kappa shape index (κ1) is 13.1. The van der Waals surface area contributed by atoms with Crippen LogP contribution < -0.4 is 4.90 Å². The normalized spacial score (nSPS) is 16.9. The monoisotopic (exact) mass is 245 g/mol. The number of piperidine rings is 1. The largest absolute Gasteiger partial charge is 0.371 e. The summed E-state index contributed by atoms with van der Waals surface area (Å²) in [6.45, 7) is 5.95. The molecule has 2 heteroatoms. The maximum Gasteiger partial charge on any atom is 0.133 e. The van der Waals surface area contributed by atoms with Crippen molar-refractivity contribution in [1.29, 1.82) is 0 Å². The quantitative estimate of drug-likeness (QED) is 0.810. The molecule has 1 heterocycles. The van der Waals surface area contributed by atoms with Crippen molar-refractivity contribution in [1.82, 2.24) is 0 Å². The number of hydrogen-bond donors (Lipinski definition) is 0. The Morgan fingerprint density at radius 2 is 1.83 bits per heavy atom. The molecule has 2 nitrogen and oxygen atoms in total. The Hall–Kier alpha value is -1.31. The molecule has 1 aromatic carbocycles. The zero-order valence-electron chi connectivity index (χ0n) is 11.5. The van der Waals surface area contributed by atoms with E-state index in [0.29, 0.717) is 11.7 Å². The van der Waals surface area contributed by atoms with Gasteiger partial charge in [-0.3, -0.25) is 4.79 Å². The number of ketones is 1. The van der Waals surface area contributed by atoms with E-state index in [4.69, 9.17) is 0 Å². The summed E-state index contributed by atoms with van der Waals surface area (Å²) in [4.78, 5) is 13.7. The Morgan fingerprint density at radius 1 is 1.22 bits per heavy atom. The van der Waals surface area contributed by atoms with Crippen molar-refractivity contribution in [3.05, 3.63) is 29.8 Å². The van der Waals surface area contributed by atoms with E-state index < -0.39 is 0 Å². The topological polar surface area (TPSA) is 20.3 Å². The van der Waals surface area contributed by atoms with Gasteiger partial charge in [0.15, 0.2) is 0 Å². The molecule has 2 rings (SSSR count). The molecule has 1 aliphatic heterocycles. The Morgan fingerprint density at radius 3 is 2.33 bits per heavy atom. The van der Waals surface area contributed by atoms with E-state index in [1.165, 1.54) is 17.7 Å². The van der Waals surface area contributed by atoms with Gasteiger partial charge in [-0.15, -0.1) is 0 Å². The number of carbonyl (C=O) groups excluding carboxylic acids is 1. The lowest BCUT2D eigenvalue weighted by Crippen LogP contribution is -2.35. The number of rotatable bonds is 4. The highest BCUT2D eigenvalue weighted by molar-refractivity contribution is 5.78. The maximum atomic E-state index is 11.3. The van der Waals surface area contributed by atoms with Crippen molar-refractivity contribution in [3.63, 3.8) is 0 Å². The molecule has 0 radical (unpaired) electrons. The fourth-order valence-corrected chi connectivity index (χ4v) is 2.71. The molecule has 18 heavy (non-hydrogen) atoms. The molecule has 0 aromatic heterocycles. The summed E-state index contributed by atoms with van der Waals surface area (Å²) in [7, 11) is 0. The van der Waals surface area contributed by atoms with E-state index >= 15 is 0 Å². The van der Waals surface area contributed by atoms with Gasteiger partial charge in [0, 0.05) is 24.7 Å². The number of anilines is 1. The third-order valence-electron chi connectivity index (χ3n) is 3.91. The molecular weight excluding hydrogens is 222 g/mol. The Bertz CT molecular complexity index is 388. The molecule has 0 atom stereocenters. The lowest BCUT2D eigenvalue weighted by molar-refractivity contribution is -0.121. The Balaban J connectivity index is 1.95. The molecule has 0 amide bonds. The Kier molecular flexibility index (Phi) is 4.40. The fourth-order valence-electron chi connectivity index (χ4n) is 2.71. The number of aryl methyl sites for hydroxylation is 1. The van der Waals surface area contributed by atoms with Crippen LogP contribution in [0.5, 0.6) is 0 Å². The minimum atomic E-state index is 0.292. The number of carbonyl (C=O) groups is 1. The highest BCUT2D eigenvalue weighted by Gasteiger charge is 2.22. The third-order valence-corrected chi connectivity index (χ3v) is 3.91. The van der Waals surface area contributed by atoms with E-state index in [9.17, 15) is 4.79 Å². The van der Waals surface area contributed by atoms with Crippen molar-refractivity contribution in [2.45, 2.75) is 39.5 Å². The van der Waals surface area contributed by atoms with E-state index in [1.54, 1.807) is 6.92 Å². The van der Waals surface area contributed by atoms with Crippen LogP contribution in [-0.2, 0) is 11.2 Å². The van der Waals surface area contributed by atoms with Crippen LogP contribution in [0, 0.1) is 5.92 Å². The number of hydrogen-bond acceptors (Lipinski definition) is 2. The second-order valence-corrected chi connectivity index (χ2v) is 5.29. The number of benzene rings is 1. The first-order valence-electron chi connectivity index (χ1n) is 7.05. The molecule has 0 aliphatic carbocycles. The molecular formula is C16H23NO. The van der Waals surface area contributed by atoms with Gasteiger partial charge < -0.3 is 4.90 Å². The highest BCUT2D eigenvalue weighted by atomic mass is 16.1. The van der Waals surface area contributed by atoms with E-state index in [-0.39, 0.29) is 0 Å². The van der Waals surface area contributed by atoms with Gasteiger partial charge in [0.25, 0.3) is 0 Å². The molecule has 0 spiro atoms. The van der Waals surface area contributed by atoms with Gasteiger partial charge in [-0.05, 0) is 43.9 Å². The van der Waals surface area contributed by atoms with Crippen LogP contribution in [0.4, 0.5) is 5.69 Å². The second-order valence-electron chi connectivity index (χ2n) is 5.29. The summed E-state index contributed by atoms with van der Waals surface area (Å²) in [6.07, 6.45) is 4.37. The average Bonchev–Trinajstić information content (AvgIpc) is 2.40. The van der Waals surface area contributed by atoms with Gasteiger partial charge >= 0.3 is 0 Å². The van der Waals surface area contributed by atoms with E-state index in [0.717, 1.165) is 32.4 Å². The highest BCUT2D eigenvalue weighted by Crippen LogP contribution is 2.24. The smallest absolute Gasteiger partial charge is 0.133 e. The van der Waals surface area contributed by atoms with Crippen molar-refractivity contribution in [2.24, 2.45) is 5.92 Å². The van der Waals surface area contributed by atoms with Crippen LogP contribution in [0.25, 0.3) is 0 Å². The molecule has 0 N–H and O–H groups in total. The maximum absolute atomic E-state index is 11.3. The van der Waals surface area contributed by atoms with Crippen LogP contribution >= 0.6 is 0 Å². The summed E-state index contributed by atoms with van der Waals surface area (Å²) in [5, 5.41) is 0. The van der Waals surface area contributed by atoms with Crippen LogP contribution in [-0.4, -0.2) is 18.9 Å². The first-order chi connectivity index (χ1) is 8.70. The zero-order valence-corrected chi connectivity index (χ0v) is 11.5. The lowest BCUT2D eigenvalue weighted by atomic mass is 9.93. The number of Topliss-reactive ketones (excluding diaryl/α,β-unsaturated/α-hetero) is 1. The SMILES string of the molecule is CCCc1ccc(N2CCC(C(C)=O)CC2)cc1. The van der Waals surface area contributed by atoms with Crippen molar-refractivity contribution < 1.29 is 4.79 Å². The molecule has 98 valence electrons. The minimum Gasteiger partial charge on any atom is -0.371 e. The van der Waals surface area contributed by atoms with Crippen LogP contribution in [0.2, 0.25) is 0 Å². The van der Waals surface area contributed by atoms with Crippen molar-refractivity contribution in [2.75, 3.05) is 18.0 Å². The van der Waals surface area contributed by atoms with Gasteiger partial charge in [0.1, 0.15) is 5.78 Å². The van der Waals surface area contributed by atoms with Crippen molar-refractivity contribution >= 4 is 11.5 Å². The Labute approximate surface area is 110 Å². The van der Waals surface area contributed by atoms with Gasteiger partial charge in [-0.1, -0.05) is 25.5 Å². The molecule has 1 aliphatic rings. The van der Waals surface area contributed by atoms with Gasteiger partial charge in [0.05, 0.1) is 0 Å². The fraction of sp³-hybridized carbons (Fsp3) is 0.562. The van der Waals surface area contributed by atoms with Gasteiger partial charge in [0.2, 0.25) is 0 Å². The summed E-state index contributed by atoms with van der Waals surface area (Å²) in [6, 6.07) is 8.91.